The fraction of sp³-hybridized carbons (Fsp3) is 0.552. The molecule has 0 aromatic heterocycles. The van der Waals surface area contributed by atoms with Gasteiger partial charge in [-0.3, -0.25) is 4.21 Å². The molecule has 2 saturated carbocycles. The molecule has 39 heavy (non-hydrogen) atoms. The van der Waals surface area contributed by atoms with Crippen molar-refractivity contribution in [1.29, 1.82) is 0 Å². The van der Waals surface area contributed by atoms with E-state index in [1.54, 1.807) is 11.2 Å². The highest BCUT2D eigenvalue weighted by atomic mass is 32.2. The minimum absolute atomic E-state index is 0.0322. The quantitative estimate of drug-likeness (QED) is 0.377. The zero-order valence-corrected chi connectivity index (χ0v) is 22.9. The Bertz CT molecular complexity index is 1230. The maximum atomic E-state index is 13.8. The van der Waals surface area contributed by atoms with Gasteiger partial charge in [-0.25, -0.2) is 9.18 Å². The lowest BCUT2D eigenvalue weighted by atomic mass is 9.80. The summed E-state index contributed by atoms with van der Waals surface area (Å²) in [5.74, 6) is -0.968. The summed E-state index contributed by atoms with van der Waals surface area (Å²) in [6.45, 7) is 3.49. The number of benzene rings is 2. The number of anilines is 1. The smallest absolute Gasteiger partial charge is 0.321 e. The maximum Gasteiger partial charge on any atom is 0.419 e. The summed E-state index contributed by atoms with van der Waals surface area (Å²) in [7, 11) is -1.06. The Balaban J connectivity index is 1.30. The first-order valence-electron chi connectivity index (χ1n) is 13.7. The van der Waals surface area contributed by atoms with Gasteiger partial charge in [0.2, 0.25) is 0 Å². The van der Waals surface area contributed by atoms with Gasteiger partial charge in [0.25, 0.3) is 0 Å². The topological polar surface area (TPSA) is 52.7 Å². The van der Waals surface area contributed by atoms with E-state index in [9.17, 15) is 26.6 Å². The van der Waals surface area contributed by atoms with E-state index in [1.807, 2.05) is 18.2 Å². The van der Waals surface area contributed by atoms with Crippen LogP contribution in [0, 0.1) is 11.7 Å². The van der Waals surface area contributed by atoms with Crippen LogP contribution in [-0.4, -0.2) is 58.5 Å². The molecule has 3 fully saturated rings. The largest absolute Gasteiger partial charge is 0.419 e. The second-order valence-corrected chi connectivity index (χ2v) is 12.6. The number of urea groups is 1. The third-order valence-electron chi connectivity index (χ3n) is 8.75. The van der Waals surface area contributed by atoms with E-state index in [2.05, 4.69) is 16.3 Å². The molecular formula is C29H35F4N3O2S. The predicted molar refractivity (Wildman–Crippen MR) is 144 cm³/mol. The number of amides is 2. The Morgan fingerprint density at radius 1 is 1.18 bits per heavy atom. The average Bonchev–Trinajstić information content (AvgIpc) is 3.41. The number of carbonyl (C=O) groups is 1. The van der Waals surface area contributed by atoms with Crippen molar-refractivity contribution in [2.45, 2.75) is 67.5 Å². The van der Waals surface area contributed by atoms with E-state index < -0.39 is 34.4 Å². The minimum Gasteiger partial charge on any atom is -0.321 e. The summed E-state index contributed by atoms with van der Waals surface area (Å²) in [6.07, 6.45) is 3.47. The number of alkyl halides is 3. The van der Waals surface area contributed by atoms with Gasteiger partial charge >= 0.3 is 12.2 Å². The molecule has 5 rings (SSSR count). The van der Waals surface area contributed by atoms with E-state index in [-0.39, 0.29) is 17.1 Å². The van der Waals surface area contributed by atoms with Crippen molar-refractivity contribution in [3.05, 3.63) is 59.4 Å². The van der Waals surface area contributed by atoms with Gasteiger partial charge in [-0.15, -0.1) is 0 Å². The van der Waals surface area contributed by atoms with Gasteiger partial charge in [0.1, 0.15) is 5.82 Å². The normalized spacial score (nSPS) is 25.7. The molecule has 2 aromatic rings. The summed E-state index contributed by atoms with van der Waals surface area (Å²) in [5.41, 5.74) is -0.215. The Labute approximate surface area is 229 Å². The highest BCUT2D eigenvalue weighted by molar-refractivity contribution is 7.84. The first-order valence-corrected chi connectivity index (χ1v) is 15.2. The van der Waals surface area contributed by atoms with Crippen molar-refractivity contribution in [2.24, 2.45) is 5.92 Å². The Kier molecular flexibility index (Phi) is 8.06. The van der Waals surface area contributed by atoms with Crippen LogP contribution in [0.15, 0.2) is 47.4 Å². The zero-order chi connectivity index (χ0) is 27.8. The molecule has 2 amide bonds. The standard InChI is InChI=1S/C29H35F4N3O2S/c1-39(38)24-7-4-6-20(17-24)28-11-10-23(16-21(28)19-28)36(15-5-14-35-12-2-3-13-35)27(37)34-22-8-9-26(30)25(18-22)29(31,32)33/h4,6-9,17-18,21,23H,2-3,5,10-16,19H2,1H3,(H,34,37)/t21?,23-,28-,39?/m1/s1. The molecule has 2 aliphatic carbocycles. The third-order valence-corrected chi connectivity index (χ3v) is 9.67. The number of hydrogen-bond acceptors (Lipinski definition) is 3. The fourth-order valence-corrected chi connectivity index (χ4v) is 7.13. The van der Waals surface area contributed by atoms with E-state index in [0.717, 1.165) is 62.7 Å². The van der Waals surface area contributed by atoms with Crippen LogP contribution in [0.1, 0.15) is 56.1 Å². The number of fused-ring (bicyclic) bond motifs is 1. The zero-order valence-electron chi connectivity index (χ0n) is 22.1. The maximum absolute atomic E-state index is 13.8. The molecule has 10 heteroatoms. The molecule has 212 valence electrons. The molecule has 1 N–H and O–H groups in total. The second kappa shape index (κ2) is 11.2. The summed E-state index contributed by atoms with van der Waals surface area (Å²) in [5, 5.41) is 2.62. The van der Waals surface area contributed by atoms with Crippen LogP contribution >= 0.6 is 0 Å². The highest BCUT2D eigenvalue weighted by Gasteiger charge is 2.58. The molecule has 4 atom stereocenters. The second-order valence-electron chi connectivity index (χ2n) is 11.2. The molecule has 2 aromatic carbocycles. The van der Waals surface area contributed by atoms with Crippen LogP contribution in [0.3, 0.4) is 0 Å². The van der Waals surface area contributed by atoms with Gasteiger partial charge in [-0.05, 0) is 112 Å². The Hall–Kier alpha value is -2.46. The predicted octanol–water partition coefficient (Wildman–Crippen LogP) is 6.41. The van der Waals surface area contributed by atoms with E-state index in [4.69, 9.17) is 0 Å². The van der Waals surface area contributed by atoms with Crippen LogP contribution in [-0.2, 0) is 22.4 Å². The number of nitrogens with zero attached hydrogens (tertiary/aromatic N) is 2. The summed E-state index contributed by atoms with van der Waals surface area (Å²) >= 11 is 0. The van der Waals surface area contributed by atoms with Gasteiger partial charge in [-0.2, -0.15) is 13.2 Å². The summed E-state index contributed by atoms with van der Waals surface area (Å²) in [6, 6.07) is 10.1. The summed E-state index contributed by atoms with van der Waals surface area (Å²) < 4.78 is 65.5. The molecule has 3 aliphatic rings. The number of rotatable bonds is 8. The lowest BCUT2D eigenvalue weighted by Gasteiger charge is -2.37. The number of halogens is 4. The first-order chi connectivity index (χ1) is 18.6. The molecule has 1 aliphatic heterocycles. The van der Waals surface area contributed by atoms with Gasteiger partial charge in [0.15, 0.2) is 0 Å². The summed E-state index contributed by atoms with van der Waals surface area (Å²) in [4.78, 5) is 18.4. The van der Waals surface area contributed by atoms with Crippen LogP contribution < -0.4 is 5.32 Å². The Morgan fingerprint density at radius 3 is 2.64 bits per heavy atom. The van der Waals surface area contributed by atoms with Crippen LogP contribution in [0.2, 0.25) is 0 Å². The van der Waals surface area contributed by atoms with Gasteiger partial charge in [-0.1, -0.05) is 12.1 Å². The number of likely N-dealkylation sites (tertiary alicyclic amines) is 1. The minimum atomic E-state index is -4.85. The van der Waals surface area contributed by atoms with E-state index >= 15 is 0 Å². The average molecular weight is 566 g/mol. The molecule has 0 spiro atoms. The van der Waals surface area contributed by atoms with Crippen molar-refractivity contribution < 1.29 is 26.6 Å². The van der Waals surface area contributed by atoms with E-state index in [1.165, 1.54) is 24.5 Å². The molecule has 0 radical (unpaired) electrons. The third kappa shape index (κ3) is 6.16. The van der Waals surface area contributed by atoms with Crippen LogP contribution in [0.5, 0.6) is 0 Å². The number of nitrogens with one attached hydrogen (secondary N) is 1. The van der Waals surface area contributed by atoms with Crippen molar-refractivity contribution >= 4 is 22.5 Å². The van der Waals surface area contributed by atoms with Crippen LogP contribution in [0.25, 0.3) is 0 Å². The SMILES string of the molecule is CS(=O)c1cccc([C@]23CC[C@@H](N(CCCN4CCCC4)C(=O)Nc4ccc(F)c(C(F)(F)F)c4)CC2C3)c1. The van der Waals surface area contributed by atoms with E-state index in [0.29, 0.717) is 18.5 Å². The van der Waals surface area contributed by atoms with Crippen molar-refractivity contribution in [2.75, 3.05) is 37.8 Å². The molecule has 2 unspecified atom stereocenters. The number of carbonyl (C=O) groups excluding carboxylic acids is 1. The Morgan fingerprint density at radius 2 is 1.95 bits per heavy atom. The molecular weight excluding hydrogens is 530 g/mol. The number of hydrogen-bond donors (Lipinski definition) is 1. The molecule has 1 heterocycles. The molecule has 0 bridgehead atoms. The lowest BCUT2D eigenvalue weighted by Crippen LogP contribution is -2.46. The fourth-order valence-electron chi connectivity index (χ4n) is 6.57. The first kappa shape index (κ1) is 28.1. The monoisotopic (exact) mass is 565 g/mol. The lowest BCUT2D eigenvalue weighted by molar-refractivity contribution is -0.139. The van der Waals surface area contributed by atoms with Gasteiger partial charge in [0.05, 0.1) is 5.56 Å². The van der Waals surface area contributed by atoms with Crippen molar-refractivity contribution in [3.63, 3.8) is 0 Å². The van der Waals surface area contributed by atoms with Crippen LogP contribution in [0.4, 0.5) is 28.0 Å². The van der Waals surface area contributed by atoms with Gasteiger partial charge in [0, 0.05) is 40.2 Å². The van der Waals surface area contributed by atoms with Gasteiger partial charge < -0.3 is 15.1 Å². The molecule has 1 saturated heterocycles. The van der Waals surface area contributed by atoms with Crippen molar-refractivity contribution in [3.8, 4) is 0 Å². The van der Waals surface area contributed by atoms with Crippen molar-refractivity contribution in [1.82, 2.24) is 9.80 Å². The molecule has 5 nitrogen and oxygen atoms in total. The highest BCUT2D eigenvalue weighted by Crippen LogP contribution is 2.63.